The van der Waals surface area contributed by atoms with Gasteiger partial charge in [0.25, 0.3) is 0 Å². The predicted molar refractivity (Wildman–Crippen MR) is 147 cm³/mol. The van der Waals surface area contributed by atoms with E-state index in [-0.39, 0.29) is 12.3 Å². The van der Waals surface area contributed by atoms with Crippen LogP contribution in [0.1, 0.15) is 42.3 Å². The number of nitrogens with one attached hydrogen (secondary N) is 1. The SMILES string of the molecule is Nc1nccn2c(C3CCC3)nc(-c3cccc(OCc4cccc(NC(=O)Cc5ccccn5)c4)c3)c12. The number of ether oxygens (including phenoxy) is 1. The second-order valence-electron chi connectivity index (χ2n) is 9.54. The van der Waals surface area contributed by atoms with Gasteiger partial charge in [0, 0.05) is 41.5 Å². The van der Waals surface area contributed by atoms with E-state index < -0.39 is 0 Å². The molecule has 1 aliphatic carbocycles. The quantitative estimate of drug-likeness (QED) is 0.293. The van der Waals surface area contributed by atoms with Crippen LogP contribution in [0.25, 0.3) is 16.8 Å². The summed E-state index contributed by atoms with van der Waals surface area (Å²) in [6.45, 7) is 0.356. The second-order valence-corrected chi connectivity index (χ2v) is 9.54. The molecule has 38 heavy (non-hydrogen) atoms. The third-order valence-electron chi connectivity index (χ3n) is 6.87. The Morgan fingerprint density at radius 3 is 2.74 bits per heavy atom. The number of imidazole rings is 1. The van der Waals surface area contributed by atoms with E-state index in [1.165, 1.54) is 6.42 Å². The van der Waals surface area contributed by atoms with Crippen molar-refractivity contribution < 1.29 is 9.53 Å². The number of amides is 1. The minimum absolute atomic E-state index is 0.114. The average Bonchev–Trinajstić information content (AvgIpc) is 3.28. The van der Waals surface area contributed by atoms with Gasteiger partial charge in [0.05, 0.1) is 6.42 Å². The predicted octanol–water partition coefficient (Wildman–Crippen LogP) is 5.40. The largest absolute Gasteiger partial charge is 0.489 e. The molecular formula is C30H28N6O2. The lowest BCUT2D eigenvalue weighted by Crippen LogP contribution is -2.15. The Morgan fingerprint density at radius 2 is 1.92 bits per heavy atom. The van der Waals surface area contributed by atoms with Gasteiger partial charge in [-0.25, -0.2) is 9.97 Å². The van der Waals surface area contributed by atoms with Crippen molar-refractivity contribution in [3.63, 3.8) is 0 Å². The number of nitrogens with zero attached hydrogens (tertiary/aromatic N) is 4. The highest BCUT2D eigenvalue weighted by atomic mass is 16.5. The van der Waals surface area contributed by atoms with Gasteiger partial charge in [0.15, 0.2) is 0 Å². The van der Waals surface area contributed by atoms with Crippen LogP contribution in [0, 0.1) is 0 Å². The molecule has 0 aliphatic heterocycles. The van der Waals surface area contributed by atoms with Crippen LogP contribution in [0.3, 0.4) is 0 Å². The van der Waals surface area contributed by atoms with Crippen molar-refractivity contribution in [2.45, 2.75) is 38.2 Å². The molecule has 0 bridgehead atoms. The maximum atomic E-state index is 12.4. The van der Waals surface area contributed by atoms with Gasteiger partial charge >= 0.3 is 0 Å². The first-order valence-corrected chi connectivity index (χ1v) is 12.8. The molecule has 1 saturated carbocycles. The van der Waals surface area contributed by atoms with Crippen LogP contribution in [0.15, 0.2) is 85.3 Å². The van der Waals surface area contributed by atoms with Crippen LogP contribution in [0.2, 0.25) is 0 Å². The van der Waals surface area contributed by atoms with E-state index in [1.807, 2.05) is 72.9 Å². The number of fused-ring (bicyclic) bond motifs is 1. The van der Waals surface area contributed by atoms with E-state index in [0.29, 0.717) is 18.3 Å². The van der Waals surface area contributed by atoms with Crippen molar-refractivity contribution in [1.82, 2.24) is 19.4 Å². The first kappa shape index (κ1) is 23.7. The van der Waals surface area contributed by atoms with Crippen molar-refractivity contribution in [2.24, 2.45) is 0 Å². The van der Waals surface area contributed by atoms with Crippen molar-refractivity contribution in [3.05, 3.63) is 102 Å². The van der Waals surface area contributed by atoms with Gasteiger partial charge in [0.1, 0.15) is 35.2 Å². The zero-order valence-electron chi connectivity index (χ0n) is 20.9. The smallest absolute Gasteiger partial charge is 0.230 e. The Hall–Kier alpha value is -4.72. The van der Waals surface area contributed by atoms with Gasteiger partial charge in [-0.3, -0.25) is 14.2 Å². The van der Waals surface area contributed by atoms with Gasteiger partial charge in [-0.05, 0) is 54.8 Å². The first-order chi connectivity index (χ1) is 18.6. The molecule has 8 nitrogen and oxygen atoms in total. The summed E-state index contributed by atoms with van der Waals surface area (Å²) in [7, 11) is 0. The molecule has 5 aromatic rings. The topological polar surface area (TPSA) is 107 Å². The average molecular weight is 505 g/mol. The number of rotatable bonds is 8. The molecule has 0 unspecified atom stereocenters. The molecule has 190 valence electrons. The monoisotopic (exact) mass is 504 g/mol. The molecule has 1 amide bonds. The Bertz CT molecular complexity index is 1590. The fraction of sp³-hybridized carbons (Fsp3) is 0.200. The van der Waals surface area contributed by atoms with Crippen LogP contribution in [0.5, 0.6) is 5.75 Å². The van der Waals surface area contributed by atoms with Gasteiger partial charge in [-0.15, -0.1) is 0 Å². The van der Waals surface area contributed by atoms with Crippen LogP contribution in [0.4, 0.5) is 11.5 Å². The van der Waals surface area contributed by atoms with Gasteiger partial charge < -0.3 is 15.8 Å². The van der Waals surface area contributed by atoms with Crippen LogP contribution in [-0.2, 0) is 17.8 Å². The molecule has 0 spiro atoms. The molecule has 0 atom stereocenters. The minimum Gasteiger partial charge on any atom is -0.489 e. The van der Waals surface area contributed by atoms with Crippen LogP contribution < -0.4 is 15.8 Å². The Morgan fingerprint density at radius 1 is 1.03 bits per heavy atom. The van der Waals surface area contributed by atoms with Crippen molar-refractivity contribution >= 4 is 22.9 Å². The number of hydrogen-bond donors (Lipinski definition) is 2. The summed E-state index contributed by atoms with van der Waals surface area (Å²) in [5.74, 6) is 2.57. The number of benzene rings is 2. The summed E-state index contributed by atoms with van der Waals surface area (Å²) in [6.07, 6.45) is 9.10. The van der Waals surface area contributed by atoms with Crippen LogP contribution >= 0.6 is 0 Å². The minimum atomic E-state index is -0.114. The lowest BCUT2D eigenvalue weighted by atomic mass is 9.85. The highest BCUT2D eigenvalue weighted by molar-refractivity contribution is 5.92. The molecule has 3 N–H and O–H groups in total. The lowest BCUT2D eigenvalue weighted by molar-refractivity contribution is -0.115. The fourth-order valence-electron chi connectivity index (χ4n) is 4.75. The Kier molecular flexibility index (Phi) is 6.44. The third kappa shape index (κ3) is 4.93. The molecule has 0 radical (unpaired) electrons. The highest BCUT2D eigenvalue weighted by Crippen LogP contribution is 2.39. The van der Waals surface area contributed by atoms with E-state index in [4.69, 9.17) is 15.5 Å². The van der Waals surface area contributed by atoms with E-state index >= 15 is 0 Å². The third-order valence-corrected chi connectivity index (χ3v) is 6.87. The van der Waals surface area contributed by atoms with Crippen molar-refractivity contribution in [1.29, 1.82) is 0 Å². The normalized spacial score (nSPS) is 13.3. The highest BCUT2D eigenvalue weighted by Gasteiger charge is 2.27. The number of hydrogen-bond acceptors (Lipinski definition) is 6. The van der Waals surface area contributed by atoms with Gasteiger partial charge in [-0.1, -0.05) is 36.8 Å². The molecular weight excluding hydrogens is 476 g/mol. The summed E-state index contributed by atoms with van der Waals surface area (Å²) >= 11 is 0. The molecule has 1 fully saturated rings. The molecule has 6 rings (SSSR count). The second kappa shape index (κ2) is 10.3. The summed E-state index contributed by atoms with van der Waals surface area (Å²) in [4.78, 5) is 26.0. The lowest BCUT2D eigenvalue weighted by Gasteiger charge is -2.23. The van der Waals surface area contributed by atoms with Gasteiger partial charge in [0.2, 0.25) is 5.91 Å². The van der Waals surface area contributed by atoms with E-state index in [9.17, 15) is 4.79 Å². The standard InChI is InChI=1S/C30H28N6O2/c31-29-28-27(35-30(21-7-4-8-21)36(28)15-14-33-29)22-9-5-12-25(17-22)38-19-20-6-3-11-24(16-20)34-26(37)18-23-10-1-2-13-32-23/h1-3,5-6,9-17,21H,4,7-8,18-19H2,(H2,31,33)(H,34,37). The molecule has 8 heteroatoms. The Balaban J connectivity index is 1.17. The molecule has 3 aromatic heterocycles. The molecule has 2 aromatic carbocycles. The summed E-state index contributed by atoms with van der Waals surface area (Å²) in [5.41, 5.74) is 11.3. The first-order valence-electron chi connectivity index (χ1n) is 12.8. The van der Waals surface area contributed by atoms with E-state index in [1.54, 1.807) is 12.4 Å². The number of nitrogens with two attached hydrogens (primary N) is 1. The molecule has 0 saturated heterocycles. The fourth-order valence-corrected chi connectivity index (χ4v) is 4.75. The number of anilines is 2. The molecule has 3 heterocycles. The van der Waals surface area contributed by atoms with E-state index in [2.05, 4.69) is 19.7 Å². The summed E-state index contributed by atoms with van der Waals surface area (Å²) in [6, 6.07) is 21.1. The zero-order valence-corrected chi connectivity index (χ0v) is 20.9. The number of aromatic nitrogens is 4. The Labute approximate surface area is 220 Å². The van der Waals surface area contributed by atoms with Gasteiger partial charge in [-0.2, -0.15) is 0 Å². The zero-order chi connectivity index (χ0) is 25.9. The van der Waals surface area contributed by atoms with Crippen molar-refractivity contribution in [3.8, 4) is 17.0 Å². The number of carbonyl (C=O) groups excluding carboxylic acids is 1. The van der Waals surface area contributed by atoms with E-state index in [0.717, 1.165) is 58.1 Å². The number of pyridine rings is 1. The number of carbonyl (C=O) groups is 1. The summed E-state index contributed by atoms with van der Waals surface area (Å²) < 4.78 is 8.22. The van der Waals surface area contributed by atoms with Crippen LogP contribution in [-0.4, -0.2) is 25.3 Å². The number of nitrogen functional groups attached to an aromatic ring is 1. The maximum absolute atomic E-state index is 12.4. The van der Waals surface area contributed by atoms with Crippen molar-refractivity contribution in [2.75, 3.05) is 11.1 Å². The maximum Gasteiger partial charge on any atom is 0.230 e. The summed E-state index contributed by atoms with van der Waals surface area (Å²) in [5, 5.41) is 2.94. The molecule has 1 aliphatic rings.